The SMILES string of the molecule is CC(=O)N(CCN)C(=O)C(=O)Nc1ncccn1. The molecule has 0 aliphatic rings. The number of anilines is 1. The fourth-order valence-electron chi connectivity index (χ4n) is 1.17. The summed E-state index contributed by atoms with van der Waals surface area (Å²) in [5.41, 5.74) is 5.26. The van der Waals surface area contributed by atoms with E-state index in [0.717, 1.165) is 4.90 Å². The summed E-state index contributed by atoms with van der Waals surface area (Å²) in [4.78, 5) is 42.6. The summed E-state index contributed by atoms with van der Waals surface area (Å²) >= 11 is 0. The van der Waals surface area contributed by atoms with E-state index in [4.69, 9.17) is 5.73 Å². The minimum Gasteiger partial charge on any atom is -0.329 e. The Hall–Kier alpha value is -2.35. The van der Waals surface area contributed by atoms with Gasteiger partial charge in [-0.3, -0.25) is 24.6 Å². The summed E-state index contributed by atoms with van der Waals surface area (Å²) in [6, 6.07) is 1.56. The summed E-state index contributed by atoms with van der Waals surface area (Å²) < 4.78 is 0. The van der Waals surface area contributed by atoms with Gasteiger partial charge in [0.25, 0.3) is 0 Å². The molecule has 0 bridgehead atoms. The van der Waals surface area contributed by atoms with Gasteiger partial charge >= 0.3 is 11.8 Å². The van der Waals surface area contributed by atoms with Gasteiger partial charge in [0.2, 0.25) is 11.9 Å². The predicted molar refractivity (Wildman–Crippen MR) is 62.1 cm³/mol. The molecule has 8 heteroatoms. The number of carbonyl (C=O) groups excluding carboxylic acids is 3. The van der Waals surface area contributed by atoms with Crippen molar-refractivity contribution in [3.8, 4) is 0 Å². The van der Waals surface area contributed by atoms with Gasteiger partial charge in [-0.1, -0.05) is 0 Å². The Balaban J connectivity index is 2.71. The number of imide groups is 1. The van der Waals surface area contributed by atoms with Crippen molar-refractivity contribution in [3.63, 3.8) is 0 Å². The van der Waals surface area contributed by atoms with Crippen LogP contribution in [0.15, 0.2) is 18.5 Å². The number of nitrogens with one attached hydrogen (secondary N) is 1. The Morgan fingerprint density at radius 3 is 2.44 bits per heavy atom. The molecule has 0 fully saturated rings. The second-order valence-corrected chi connectivity index (χ2v) is 3.29. The van der Waals surface area contributed by atoms with Crippen LogP contribution in [0.5, 0.6) is 0 Å². The van der Waals surface area contributed by atoms with Crippen molar-refractivity contribution in [1.29, 1.82) is 0 Å². The third-order valence-electron chi connectivity index (χ3n) is 1.96. The van der Waals surface area contributed by atoms with Gasteiger partial charge in [0.1, 0.15) is 0 Å². The van der Waals surface area contributed by atoms with Crippen molar-refractivity contribution in [2.45, 2.75) is 6.92 Å². The molecule has 0 aromatic carbocycles. The minimum atomic E-state index is -0.986. The normalized spacial score (nSPS) is 9.67. The van der Waals surface area contributed by atoms with Crippen LogP contribution < -0.4 is 11.1 Å². The van der Waals surface area contributed by atoms with E-state index in [1.54, 1.807) is 6.07 Å². The fourth-order valence-corrected chi connectivity index (χ4v) is 1.17. The van der Waals surface area contributed by atoms with E-state index < -0.39 is 17.7 Å². The zero-order valence-corrected chi connectivity index (χ0v) is 9.79. The van der Waals surface area contributed by atoms with Crippen LogP contribution in [0.2, 0.25) is 0 Å². The van der Waals surface area contributed by atoms with Crippen molar-refractivity contribution in [2.24, 2.45) is 5.73 Å². The maximum Gasteiger partial charge on any atom is 0.318 e. The van der Waals surface area contributed by atoms with Crippen molar-refractivity contribution in [3.05, 3.63) is 18.5 Å². The molecule has 0 spiro atoms. The van der Waals surface area contributed by atoms with Crippen molar-refractivity contribution < 1.29 is 14.4 Å². The van der Waals surface area contributed by atoms with E-state index in [1.807, 2.05) is 0 Å². The highest BCUT2D eigenvalue weighted by molar-refractivity contribution is 6.41. The largest absolute Gasteiger partial charge is 0.329 e. The highest BCUT2D eigenvalue weighted by Crippen LogP contribution is 1.97. The minimum absolute atomic E-state index is 0.00731. The van der Waals surface area contributed by atoms with Gasteiger partial charge in [-0.2, -0.15) is 0 Å². The fraction of sp³-hybridized carbons (Fsp3) is 0.300. The second-order valence-electron chi connectivity index (χ2n) is 3.29. The lowest BCUT2D eigenvalue weighted by Crippen LogP contribution is -2.45. The second kappa shape index (κ2) is 6.40. The average Bonchev–Trinajstić information content (AvgIpc) is 2.36. The molecule has 0 atom stereocenters. The number of nitrogens with two attached hydrogens (primary N) is 1. The van der Waals surface area contributed by atoms with Crippen LogP contribution in [0.1, 0.15) is 6.92 Å². The van der Waals surface area contributed by atoms with Gasteiger partial charge in [0.15, 0.2) is 0 Å². The van der Waals surface area contributed by atoms with Crippen LogP contribution in [0.3, 0.4) is 0 Å². The van der Waals surface area contributed by atoms with Gasteiger partial charge < -0.3 is 5.73 Å². The summed E-state index contributed by atoms with van der Waals surface area (Å²) in [5, 5.41) is 2.19. The topological polar surface area (TPSA) is 118 Å². The molecule has 8 nitrogen and oxygen atoms in total. The first-order valence-corrected chi connectivity index (χ1v) is 5.16. The maximum absolute atomic E-state index is 11.7. The Morgan fingerprint density at radius 2 is 1.94 bits per heavy atom. The molecule has 1 aromatic rings. The van der Waals surface area contributed by atoms with E-state index in [-0.39, 0.29) is 19.0 Å². The highest BCUT2D eigenvalue weighted by Gasteiger charge is 2.24. The molecule has 0 radical (unpaired) electrons. The Kier molecular flexibility index (Phi) is 4.88. The van der Waals surface area contributed by atoms with E-state index in [2.05, 4.69) is 15.3 Å². The molecule has 1 aromatic heterocycles. The molecule has 0 aliphatic carbocycles. The maximum atomic E-state index is 11.7. The number of carbonyl (C=O) groups is 3. The van der Waals surface area contributed by atoms with Gasteiger partial charge in [-0.15, -0.1) is 0 Å². The summed E-state index contributed by atoms with van der Waals surface area (Å²) in [6.45, 7) is 1.25. The highest BCUT2D eigenvalue weighted by atomic mass is 16.2. The zero-order valence-electron chi connectivity index (χ0n) is 9.79. The van der Waals surface area contributed by atoms with Crippen LogP contribution in [0.25, 0.3) is 0 Å². The van der Waals surface area contributed by atoms with Gasteiger partial charge in [0, 0.05) is 32.4 Å². The van der Waals surface area contributed by atoms with E-state index >= 15 is 0 Å². The Morgan fingerprint density at radius 1 is 1.33 bits per heavy atom. The number of aromatic nitrogens is 2. The van der Waals surface area contributed by atoms with E-state index in [0.29, 0.717) is 0 Å². The monoisotopic (exact) mass is 251 g/mol. The Bertz CT molecular complexity index is 448. The van der Waals surface area contributed by atoms with Crippen LogP contribution in [-0.2, 0) is 14.4 Å². The first kappa shape index (κ1) is 13.7. The molecular weight excluding hydrogens is 238 g/mol. The lowest BCUT2D eigenvalue weighted by Gasteiger charge is -2.16. The lowest BCUT2D eigenvalue weighted by atomic mass is 10.4. The van der Waals surface area contributed by atoms with Crippen LogP contribution in [-0.4, -0.2) is 45.7 Å². The van der Waals surface area contributed by atoms with Crippen LogP contribution in [0.4, 0.5) is 5.95 Å². The lowest BCUT2D eigenvalue weighted by molar-refractivity contribution is -0.149. The van der Waals surface area contributed by atoms with Crippen molar-refractivity contribution in [1.82, 2.24) is 14.9 Å². The van der Waals surface area contributed by atoms with Crippen molar-refractivity contribution >= 4 is 23.7 Å². The van der Waals surface area contributed by atoms with Crippen LogP contribution in [0, 0.1) is 0 Å². The third-order valence-corrected chi connectivity index (χ3v) is 1.96. The molecule has 0 aliphatic heterocycles. The number of hydrogen-bond acceptors (Lipinski definition) is 6. The molecule has 1 rings (SSSR count). The summed E-state index contributed by atoms with van der Waals surface area (Å²) in [6.07, 6.45) is 2.82. The number of hydrogen-bond donors (Lipinski definition) is 2. The summed E-state index contributed by atoms with van der Waals surface area (Å²) in [7, 11) is 0. The van der Waals surface area contributed by atoms with Crippen LogP contribution >= 0.6 is 0 Å². The molecule has 1 heterocycles. The molecule has 18 heavy (non-hydrogen) atoms. The molecule has 0 saturated carbocycles. The van der Waals surface area contributed by atoms with Gasteiger partial charge in [-0.05, 0) is 6.07 Å². The van der Waals surface area contributed by atoms with Gasteiger partial charge in [0.05, 0.1) is 0 Å². The molecule has 3 amide bonds. The van der Waals surface area contributed by atoms with Crippen molar-refractivity contribution in [2.75, 3.05) is 18.4 Å². The Labute approximate surface area is 103 Å². The first-order valence-electron chi connectivity index (χ1n) is 5.16. The standard InChI is InChI=1S/C10H13N5O3/c1-7(16)15(6-3-11)9(18)8(17)14-10-12-4-2-5-13-10/h2,4-5H,3,6,11H2,1H3,(H,12,13,14,17). The first-order chi connectivity index (χ1) is 8.56. The molecular formula is C10H13N5O3. The number of rotatable bonds is 3. The number of nitrogens with zero attached hydrogens (tertiary/aromatic N) is 3. The molecule has 3 N–H and O–H groups in total. The molecule has 0 unspecified atom stereocenters. The summed E-state index contributed by atoms with van der Waals surface area (Å²) in [5.74, 6) is -2.52. The van der Waals surface area contributed by atoms with E-state index in [9.17, 15) is 14.4 Å². The molecule has 0 saturated heterocycles. The average molecular weight is 251 g/mol. The van der Waals surface area contributed by atoms with Gasteiger partial charge in [-0.25, -0.2) is 9.97 Å². The zero-order chi connectivity index (χ0) is 13.5. The third kappa shape index (κ3) is 3.59. The molecule has 96 valence electrons. The smallest absolute Gasteiger partial charge is 0.318 e. The van der Waals surface area contributed by atoms with E-state index in [1.165, 1.54) is 19.3 Å². The predicted octanol–water partition coefficient (Wildman–Crippen LogP) is -1.25. The quantitative estimate of drug-likeness (QED) is 0.648. The number of amides is 3.